The van der Waals surface area contributed by atoms with E-state index in [0.717, 1.165) is 0 Å². The van der Waals surface area contributed by atoms with Gasteiger partial charge in [0.05, 0.1) is 0 Å². The lowest BCUT2D eigenvalue weighted by molar-refractivity contribution is -0.234. The van der Waals surface area contributed by atoms with Gasteiger partial charge in [0.1, 0.15) is 0 Å². The number of hydrogen-bond donors (Lipinski definition) is 2. The van der Waals surface area contributed by atoms with E-state index in [-0.39, 0.29) is 24.3 Å². The van der Waals surface area contributed by atoms with E-state index in [0.29, 0.717) is 0 Å². The standard InChI is InChI=1S/C8H6F6O2/c9-7(10,11)5(15)1-2-6(16,4-3-5)8(12,13)14/h1-4,15-16H. The van der Waals surface area contributed by atoms with Crippen LogP contribution in [-0.2, 0) is 0 Å². The molecule has 0 spiro atoms. The Bertz CT molecular complexity index is 291. The summed E-state index contributed by atoms with van der Waals surface area (Å²) in [5, 5.41) is 17.9. The molecule has 0 radical (unpaired) electrons. The van der Waals surface area contributed by atoms with Crippen LogP contribution in [0.3, 0.4) is 0 Å². The van der Waals surface area contributed by atoms with Crippen LogP contribution in [0.1, 0.15) is 0 Å². The lowest BCUT2D eigenvalue weighted by Crippen LogP contribution is -2.49. The molecule has 0 bridgehead atoms. The van der Waals surface area contributed by atoms with Crippen molar-refractivity contribution in [3.05, 3.63) is 24.3 Å². The van der Waals surface area contributed by atoms with Crippen LogP contribution in [-0.4, -0.2) is 33.8 Å². The number of hydrogen-bond acceptors (Lipinski definition) is 2. The van der Waals surface area contributed by atoms with Gasteiger partial charge in [-0.2, -0.15) is 26.3 Å². The number of rotatable bonds is 0. The topological polar surface area (TPSA) is 40.5 Å². The molecule has 8 heteroatoms. The van der Waals surface area contributed by atoms with Gasteiger partial charge in [0.2, 0.25) is 0 Å². The van der Waals surface area contributed by atoms with E-state index in [1.165, 1.54) is 0 Å². The second-order valence-electron chi connectivity index (χ2n) is 3.31. The Morgan fingerprint density at radius 1 is 0.625 bits per heavy atom. The fraction of sp³-hybridized carbons (Fsp3) is 0.500. The molecule has 0 unspecified atom stereocenters. The van der Waals surface area contributed by atoms with Crippen LogP contribution in [0.15, 0.2) is 24.3 Å². The second kappa shape index (κ2) is 3.24. The third-order valence-corrected chi connectivity index (χ3v) is 2.09. The summed E-state index contributed by atoms with van der Waals surface area (Å²) in [5.74, 6) is 0. The van der Waals surface area contributed by atoms with Gasteiger partial charge in [-0.05, 0) is 24.3 Å². The predicted octanol–water partition coefficient (Wildman–Crippen LogP) is 1.70. The molecular formula is C8H6F6O2. The van der Waals surface area contributed by atoms with Crippen molar-refractivity contribution in [2.45, 2.75) is 23.6 Å². The Morgan fingerprint density at radius 2 is 0.812 bits per heavy atom. The van der Waals surface area contributed by atoms with Gasteiger partial charge in [0, 0.05) is 0 Å². The van der Waals surface area contributed by atoms with Gasteiger partial charge in [-0.25, -0.2) is 0 Å². The maximum absolute atomic E-state index is 12.2. The molecule has 92 valence electrons. The fourth-order valence-corrected chi connectivity index (χ4v) is 0.997. The number of halogens is 6. The lowest BCUT2D eigenvalue weighted by atomic mass is 9.88. The average Bonchev–Trinajstić information content (AvgIpc) is 2.07. The Morgan fingerprint density at radius 3 is 0.938 bits per heavy atom. The summed E-state index contributed by atoms with van der Waals surface area (Å²) in [5.41, 5.74) is -6.96. The Labute approximate surface area is 85.5 Å². The molecule has 0 saturated carbocycles. The SMILES string of the molecule is OC1(C(F)(F)F)C=CC(O)(C(F)(F)F)C=C1. The molecular weight excluding hydrogens is 242 g/mol. The van der Waals surface area contributed by atoms with Crippen LogP contribution in [0.4, 0.5) is 26.3 Å². The molecule has 2 nitrogen and oxygen atoms in total. The third-order valence-electron chi connectivity index (χ3n) is 2.09. The van der Waals surface area contributed by atoms with Gasteiger partial charge >= 0.3 is 12.4 Å². The predicted molar refractivity (Wildman–Crippen MR) is 40.3 cm³/mol. The van der Waals surface area contributed by atoms with Gasteiger partial charge in [-0.1, -0.05) is 0 Å². The van der Waals surface area contributed by atoms with Gasteiger partial charge in [0.25, 0.3) is 0 Å². The molecule has 0 aromatic carbocycles. The average molecular weight is 248 g/mol. The summed E-state index contributed by atoms with van der Waals surface area (Å²) in [6.45, 7) is 0. The summed E-state index contributed by atoms with van der Waals surface area (Å²) in [4.78, 5) is 0. The molecule has 0 amide bonds. The summed E-state index contributed by atoms with van der Waals surface area (Å²) in [6.07, 6.45) is -10.8. The molecule has 0 heterocycles. The Balaban J connectivity index is 3.06. The fourth-order valence-electron chi connectivity index (χ4n) is 0.997. The summed E-state index contributed by atoms with van der Waals surface area (Å²) in [7, 11) is 0. The van der Waals surface area contributed by atoms with Crippen molar-refractivity contribution < 1.29 is 36.6 Å². The Hall–Kier alpha value is -1.02. The van der Waals surface area contributed by atoms with E-state index in [9.17, 15) is 26.3 Å². The number of aliphatic hydroxyl groups is 2. The molecule has 1 aliphatic rings. The minimum atomic E-state index is -5.15. The zero-order valence-electron chi connectivity index (χ0n) is 7.47. The van der Waals surface area contributed by atoms with Crippen LogP contribution < -0.4 is 0 Å². The van der Waals surface area contributed by atoms with E-state index >= 15 is 0 Å². The minimum absolute atomic E-state index is 0.138. The second-order valence-corrected chi connectivity index (χ2v) is 3.31. The molecule has 16 heavy (non-hydrogen) atoms. The molecule has 0 aromatic heterocycles. The molecule has 0 saturated heterocycles. The van der Waals surface area contributed by atoms with Gasteiger partial charge in [0.15, 0.2) is 11.2 Å². The van der Waals surface area contributed by atoms with Crippen molar-refractivity contribution in [3.8, 4) is 0 Å². The molecule has 0 aliphatic heterocycles. The maximum atomic E-state index is 12.2. The minimum Gasteiger partial charge on any atom is -0.373 e. The van der Waals surface area contributed by atoms with Gasteiger partial charge < -0.3 is 10.2 Å². The van der Waals surface area contributed by atoms with E-state index in [1.54, 1.807) is 0 Å². The van der Waals surface area contributed by atoms with Crippen molar-refractivity contribution >= 4 is 0 Å². The van der Waals surface area contributed by atoms with Crippen LogP contribution in [0.25, 0.3) is 0 Å². The molecule has 0 aromatic rings. The summed E-state index contributed by atoms with van der Waals surface area (Å²) >= 11 is 0. The van der Waals surface area contributed by atoms with Crippen LogP contribution in [0, 0.1) is 0 Å². The summed E-state index contributed by atoms with van der Waals surface area (Å²) in [6, 6.07) is 0. The van der Waals surface area contributed by atoms with Crippen molar-refractivity contribution in [1.82, 2.24) is 0 Å². The lowest BCUT2D eigenvalue weighted by Gasteiger charge is -2.32. The quantitative estimate of drug-likeness (QED) is 0.506. The monoisotopic (exact) mass is 248 g/mol. The number of alkyl halides is 6. The van der Waals surface area contributed by atoms with E-state index in [2.05, 4.69) is 0 Å². The highest BCUT2D eigenvalue weighted by atomic mass is 19.4. The van der Waals surface area contributed by atoms with Crippen LogP contribution >= 0.6 is 0 Å². The highest BCUT2D eigenvalue weighted by Crippen LogP contribution is 2.41. The molecule has 1 aliphatic carbocycles. The highest BCUT2D eigenvalue weighted by molar-refractivity contribution is 5.32. The van der Waals surface area contributed by atoms with Crippen molar-refractivity contribution in [2.75, 3.05) is 0 Å². The van der Waals surface area contributed by atoms with Crippen LogP contribution in [0.5, 0.6) is 0 Å². The molecule has 1 rings (SSSR count). The maximum Gasteiger partial charge on any atom is 0.424 e. The summed E-state index contributed by atoms with van der Waals surface area (Å²) < 4.78 is 73.0. The third kappa shape index (κ3) is 1.94. The first-order chi connectivity index (χ1) is 6.91. The Kier molecular flexibility index (Phi) is 2.64. The normalized spacial score (nSPS) is 35.5. The smallest absolute Gasteiger partial charge is 0.373 e. The van der Waals surface area contributed by atoms with Gasteiger partial charge in [-0.15, -0.1) is 0 Å². The zero-order chi connectivity index (χ0) is 12.8. The van der Waals surface area contributed by atoms with Crippen LogP contribution in [0.2, 0.25) is 0 Å². The zero-order valence-corrected chi connectivity index (χ0v) is 7.47. The first kappa shape index (κ1) is 13.0. The highest BCUT2D eigenvalue weighted by Gasteiger charge is 2.57. The first-order valence-electron chi connectivity index (χ1n) is 3.90. The van der Waals surface area contributed by atoms with E-state index in [4.69, 9.17) is 10.2 Å². The first-order valence-corrected chi connectivity index (χ1v) is 3.90. The molecule has 0 atom stereocenters. The van der Waals surface area contributed by atoms with Gasteiger partial charge in [-0.3, -0.25) is 0 Å². The van der Waals surface area contributed by atoms with E-state index < -0.39 is 23.6 Å². The van der Waals surface area contributed by atoms with E-state index in [1.807, 2.05) is 0 Å². The molecule has 0 fully saturated rings. The van der Waals surface area contributed by atoms with Crippen molar-refractivity contribution in [3.63, 3.8) is 0 Å². The largest absolute Gasteiger partial charge is 0.424 e. The molecule has 2 N–H and O–H groups in total. The van der Waals surface area contributed by atoms with Crippen molar-refractivity contribution in [2.24, 2.45) is 0 Å². The van der Waals surface area contributed by atoms with Crippen molar-refractivity contribution in [1.29, 1.82) is 0 Å².